The van der Waals surface area contributed by atoms with Gasteiger partial charge in [-0.15, -0.1) is 0 Å². The van der Waals surface area contributed by atoms with E-state index in [0.29, 0.717) is 23.8 Å². The summed E-state index contributed by atoms with van der Waals surface area (Å²) in [4.78, 5) is 26.0. The number of anilines is 1. The van der Waals surface area contributed by atoms with E-state index in [1.165, 1.54) is 12.1 Å². The number of benzene rings is 1. The zero-order valence-electron chi connectivity index (χ0n) is 15.8. The number of nitrogens with one attached hydrogen (secondary N) is 1. The van der Waals surface area contributed by atoms with Gasteiger partial charge in [-0.05, 0) is 24.3 Å². The molecule has 29 heavy (non-hydrogen) atoms. The van der Waals surface area contributed by atoms with Gasteiger partial charge in [-0.25, -0.2) is 24.0 Å². The highest BCUT2D eigenvalue weighted by molar-refractivity contribution is 5.90. The lowest BCUT2D eigenvalue weighted by Gasteiger charge is -2.36. The minimum Gasteiger partial charge on any atom is -0.352 e. The molecule has 2 aromatic heterocycles. The fourth-order valence-electron chi connectivity index (χ4n) is 3.40. The molecule has 0 radical (unpaired) electrons. The zero-order chi connectivity index (χ0) is 20.6. The molecule has 0 fully saturated rings. The Morgan fingerprint density at radius 3 is 2.83 bits per heavy atom. The first kappa shape index (κ1) is 18.6. The Bertz CT molecular complexity index is 1120. The summed E-state index contributed by atoms with van der Waals surface area (Å²) >= 11 is 0. The molecular weight excluding hydrogens is 375 g/mol. The molecule has 0 aliphatic carbocycles. The molecule has 0 spiro atoms. The largest absolute Gasteiger partial charge is 0.352 e. The Morgan fingerprint density at radius 1 is 1.34 bits per heavy atom. The molecule has 3 heterocycles. The molecule has 1 aliphatic rings. The van der Waals surface area contributed by atoms with Crippen molar-refractivity contribution in [1.82, 2.24) is 20.0 Å². The van der Waals surface area contributed by atoms with Gasteiger partial charge in [0.05, 0.1) is 18.8 Å². The van der Waals surface area contributed by atoms with Gasteiger partial charge in [0.15, 0.2) is 5.82 Å². The fourth-order valence-corrected chi connectivity index (χ4v) is 3.40. The SMILES string of the molecule is [C-]#[N+]c1cc(NC(=O)N2Cc3c(noc3-c3ncccn3)C(C)(C)C2)ccc1F. The van der Waals surface area contributed by atoms with E-state index in [2.05, 4.69) is 25.3 Å². The molecule has 4 rings (SSSR count). The second kappa shape index (κ2) is 6.98. The number of amides is 2. The molecule has 1 N–H and O–H groups in total. The lowest BCUT2D eigenvalue weighted by atomic mass is 9.82. The third-order valence-corrected chi connectivity index (χ3v) is 4.74. The molecule has 2 amide bonds. The van der Waals surface area contributed by atoms with Gasteiger partial charge < -0.3 is 14.7 Å². The van der Waals surface area contributed by atoms with Gasteiger partial charge in [-0.2, -0.15) is 0 Å². The molecular formula is C20H17FN6O2. The summed E-state index contributed by atoms with van der Waals surface area (Å²) < 4.78 is 19.1. The van der Waals surface area contributed by atoms with E-state index in [-0.39, 0.29) is 18.3 Å². The van der Waals surface area contributed by atoms with E-state index in [0.717, 1.165) is 17.3 Å². The van der Waals surface area contributed by atoms with Crippen molar-refractivity contribution >= 4 is 17.4 Å². The molecule has 0 saturated heterocycles. The molecule has 3 aromatic rings. The van der Waals surface area contributed by atoms with Crippen molar-refractivity contribution in [3.8, 4) is 11.6 Å². The maximum Gasteiger partial charge on any atom is 0.322 e. The van der Waals surface area contributed by atoms with Crippen molar-refractivity contribution in [3.63, 3.8) is 0 Å². The van der Waals surface area contributed by atoms with Crippen molar-refractivity contribution in [2.45, 2.75) is 25.8 Å². The number of urea groups is 1. The van der Waals surface area contributed by atoms with Crippen LogP contribution in [0.3, 0.4) is 0 Å². The number of nitrogens with zero attached hydrogens (tertiary/aromatic N) is 5. The maximum absolute atomic E-state index is 13.5. The average molecular weight is 392 g/mol. The topological polar surface area (TPSA) is 88.5 Å². The molecule has 9 heteroatoms. The van der Waals surface area contributed by atoms with E-state index >= 15 is 0 Å². The highest BCUT2D eigenvalue weighted by atomic mass is 19.1. The Hall–Kier alpha value is -3.80. The summed E-state index contributed by atoms with van der Waals surface area (Å²) in [5.41, 5.74) is 1.27. The Morgan fingerprint density at radius 2 is 2.10 bits per heavy atom. The number of carbonyl (C=O) groups is 1. The van der Waals surface area contributed by atoms with Crippen LogP contribution in [0.2, 0.25) is 0 Å². The normalized spacial score (nSPS) is 14.8. The quantitative estimate of drug-likeness (QED) is 0.662. The predicted octanol–water partition coefficient (Wildman–Crippen LogP) is 4.15. The molecule has 0 unspecified atom stereocenters. The summed E-state index contributed by atoms with van der Waals surface area (Å²) in [5, 5.41) is 6.94. The Kier molecular flexibility index (Phi) is 4.47. The fraction of sp³-hybridized carbons (Fsp3) is 0.250. The summed E-state index contributed by atoms with van der Waals surface area (Å²) in [5.74, 6) is 0.210. The molecule has 146 valence electrons. The van der Waals surface area contributed by atoms with Gasteiger partial charge in [0.1, 0.15) is 5.82 Å². The van der Waals surface area contributed by atoms with Gasteiger partial charge in [0.2, 0.25) is 11.4 Å². The number of carbonyl (C=O) groups excluding carboxylic acids is 1. The number of rotatable bonds is 2. The first-order valence-electron chi connectivity index (χ1n) is 8.88. The van der Waals surface area contributed by atoms with E-state index in [1.54, 1.807) is 23.4 Å². The lowest BCUT2D eigenvalue weighted by molar-refractivity contribution is 0.185. The summed E-state index contributed by atoms with van der Waals surface area (Å²) in [7, 11) is 0. The standard InChI is InChI=1S/C20H17FN6O2/c1-20(2)11-27(19(28)25-12-5-6-14(21)15(9-12)22-3)10-13-16(29-26-17(13)20)18-23-7-4-8-24-18/h4-9H,10-11H2,1-2H3,(H,25,28). The van der Waals surface area contributed by atoms with Gasteiger partial charge in [-0.1, -0.05) is 19.0 Å². The Balaban J connectivity index is 1.62. The lowest BCUT2D eigenvalue weighted by Crippen LogP contribution is -2.46. The number of halogens is 1. The third-order valence-electron chi connectivity index (χ3n) is 4.74. The minimum atomic E-state index is -0.626. The van der Waals surface area contributed by atoms with Crippen molar-refractivity contribution < 1.29 is 13.7 Å². The van der Waals surface area contributed by atoms with E-state index in [9.17, 15) is 9.18 Å². The maximum atomic E-state index is 13.5. The van der Waals surface area contributed by atoms with Crippen LogP contribution in [0.25, 0.3) is 16.4 Å². The second-order valence-corrected chi connectivity index (χ2v) is 7.36. The van der Waals surface area contributed by atoms with Gasteiger partial charge >= 0.3 is 6.03 Å². The molecule has 1 aliphatic heterocycles. The highest BCUT2D eigenvalue weighted by Gasteiger charge is 2.39. The smallest absolute Gasteiger partial charge is 0.322 e. The van der Waals surface area contributed by atoms with Gasteiger partial charge in [-0.3, -0.25) is 0 Å². The number of aromatic nitrogens is 3. The van der Waals surface area contributed by atoms with Crippen LogP contribution in [0.4, 0.5) is 20.6 Å². The average Bonchev–Trinajstić information content (AvgIpc) is 3.15. The molecule has 8 nitrogen and oxygen atoms in total. The van der Waals surface area contributed by atoms with Crippen molar-refractivity contribution in [3.05, 3.63) is 65.2 Å². The molecule has 0 saturated carbocycles. The summed E-state index contributed by atoms with van der Waals surface area (Å²) in [6.07, 6.45) is 3.22. The zero-order valence-corrected chi connectivity index (χ0v) is 15.8. The third kappa shape index (κ3) is 3.40. The van der Waals surface area contributed by atoms with Crippen LogP contribution in [0, 0.1) is 12.4 Å². The predicted molar refractivity (Wildman–Crippen MR) is 103 cm³/mol. The van der Waals surface area contributed by atoms with Crippen LogP contribution in [0.5, 0.6) is 0 Å². The second-order valence-electron chi connectivity index (χ2n) is 7.36. The molecule has 1 aromatic carbocycles. The molecule has 0 atom stereocenters. The minimum absolute atomic E-state index is 0.147. The number of hydrogen-bond donors (Lipinski definition) is 1. The van der Waals surface area contributed by atoms with Crippen LogP contribution < -0.4 is 5.32 Å². The Labute approximate surface area is 166 Å². The van der Waals surface area contributed by atoms with Crippen LogP contribution in [-0.4, -0.2) is 32.6 Å². The van der Waals surface area contributed by atoms with Crippen molar-refractivity contribution in [1.29, 1.82) is 0 Å². The number of hydrogen-bond acceptors (Lipinski definition) is 5. The van der Waals surface area contributed by atoms with Gasteiger partial charge in [0.25, 0.3) is 0 Å². The van der Waals surface area contributed by atoms with E-state index in [4.69, 9.17) is 11.1 Å². The van der Waals surface area contributed by atoms with Crippen LogP contribution in [0.1, 0.15) is 25.1 Å². The molecule has 0 bridgehead atoms. The van der Waals surface area contributed by atoms with Crippen LogP contribution in [-0.2, 0) is 12.0 Å². The van der Waals surface area contributed by atoms with Crippen molar-refractivity contribution in [2.24, 2.45) is 0 Å². The first-order chi connectivity index (χ1) is 13.9. The highest BCUT2D eigenvalue weighted by Crippen LogP contribution is 2.37. The van der Waals surface area contributed by atoms with Crippen LogP contribution in [0.15, 0.2) is 41.2 Å². The van der Waals surface area contributed by atoms with Gasteiger partial charge in [0, 0.05) is 35.6 Å². The number of fused-ring (bicyclic) bond motifs is 1. The van der Waals surface area contributed by atoms with Crippen LogP contribution >= 0.6 is 0 Å². The van der Waals surface area contributed by atoms with Crippen molar-refractivity contribution in [2.75, 3.05) is 11.9 Å². The summed E-state index contributed by atoms with van der Waals surface area (Å²) in [6.45, 7) is 11.6. The first-order valence-corrected chi connectivity index (χ1v) is 8.88. The summed E-state index contributed by atoms with van der Waals surface area (Å²) in [6, 6.07) is 5.23. The van der Waals surface area contributed by atoms with E-state index in [1.807, 2.05) is 13.8 Å². The van der Waals surface area contributed by atoms with E-state index < -0.39 is 11.2 Å². The monoisotopic (exact) mass is 392 g/mol.